The zero-order chi connectivity index (χ0) is 30.1. The van der Waals surface area contributed by atoms with E-state index in [1.54, 1.807) is 39.8 Å². The molecule has 4 N–H and O–H groups in total. The van der Waals surface area contributed by atoms with Crippen molar-refractivity contribution in [1.29, 1.82) is 0 Å². The summed E-state index contributed by atoms with van der Waals surface area (Å²) in [6.45, 7) is 7.94. The van der Waals surface area contributed by atoms with Gasteiger partial charge in [-0.25, -0.2) is 15.0 Å². The number of benzene rings is 1. The lowest BCUT2D eigenvalue weighted by Crippen LogP contribution is -2.48. The van der Waals surface area contributed by atoms with Crippen LogP contribution in [-0.4, -0.2) is 66.5 Å². The maximum absolute atomic E-state index is 13.1. The fourth-order valence-electron chi connectivity index (χ4n) is 5.39. The van der Waals surface area contributed by atoms with E-state index < -0.39 is 6.10 Å². The Kier molecular flexibility index (Phi) is 8.33. The van der Waals surface area contributed by atoms with Crippen LogP contribution in [0.25, 0.3) is 16.8 Å². The van der Waals surface area contributed by atoms with Gasteiger partial charge in [-0.2, -0.15) is 0 Å². The first-order chi connectivity index (χ1) is 20.1. The third-order valence-electron chi connectivity index (χ3n) is 7.51. The van der Waals surface area contributed by atoms with Crippen molar-refractivity contribution in [1.82, 2.24) is 24.3 Å². The number of aromatic nitrogens is 4. The average Bonchev–Trinajstić information content (AvgIpc) is 3.37. The van der Waals surface area contributed by atoms with E-state index >= 15 is 0 Å². The zero-order valence-corrected chi connectivity index (χ0v) is 24.7. The first-order valence-electron chi connectivity index (χ1n) is 13.9. The van der Waals surface area contributed by atoms with Crippen LogP contribution in [0, 0.1) is 6.92 Å². The summed E-state index contributed by atoms with van der Waals surface area (Å²) in [5.74, 6) is 0.912. The number of nitrogens with two attached hydrogens (primary N) is 1. The Bertz CT molecular complexity index is 1650. The van der Waals surface area contributed by atoms with Crippen LogP contribution in [-0.2, 0) is 4.79 Å². The number of ether oxygens (including phenoxy) is 1. The van der Waals surface area contributed by atoms with Crippen molar-refractivity contribution in [3.63, 3.8) is 0 Å². The summed E-state index contributed by atoms with van der Waals surface area (Å²) in [6, 6.07) is 8.74. The highest BCUT2D eigenvalue weighted by Gasteiger charge is 2.35. The van der Waals surface area contributed by atoms with Crippen molar-refractivity contribution in [2.45, 2.75) is 58.6 Å². The third-order valence-corrected chi connectivity index (χ3v) is 7.78. The van der Waals surface area contributed by atoms with Crippen molar-refractivity contribution in [3.8, 4) is 17.0 Å². The quantitative estimate of drug-likeness (QED) is 0.285. The van der Waals surface area contributed by atoms with Gasteiger partial charge in [-0.15, -0.1) is 0 Å². The number of aliphatic hydroxyl groups is 1. The lowest BCUT2D eigenvalue weighted by atomic mass is 9.92. The standard InChI is InChI=1S/C30H34ClN7O4/c1-5-42-22-13-19(29(40)35-24-12-16(2)10-11-33-24)8-9-21(22)25-26-27(32)34-14-23(31)38(26)28(36-25)20-7-6-17(3)37(15-20)30(41)18(4)39/h8-14,17-18,20,39H,5-7,15H2,1-4H3,(H2,32,34)(H,33,35,40)/t17-,18+,20+/m0/s1. The molecule has 12 heteroatoms. The summed E-state index contributed by atoms with van der Waals surface area (Å²) >= 11 is 6.68. The minimum absolute atomic E-state index is 0.0190. The summed E-state index contributed by atoms with van der Waals surface area (Å²) < 4.78 is 7.76. The molecule has 0 aliphatic carbocycles. The molecule has 3 aromatic heterocycles. The number of carbonyl (C=O) groups is 2. The smallest absolute Gasteiger partial charge is 0.256 e. The van der Waals surface area contributed by atoms with Gasteiger partial charge < -0.3 is 25.8 Å². The summed E-state index contributed by atoms with van der Waals surface area (Å²) in [4.78, 5) is 41.1. The number of fused-ring (bicyclic) bond motifs is 1. The molecule has 1 aliphatic heterocycles. The van der Waals surface area contributed by atoms with E-state index in [0.717, 1.165) is 18.4 Å². The monoisotopic (exact) mass is 591 g/mol. The Labute approximate surface area is 248 Å². The molecule has 0 spiro atoms. The number of amides is 2. The van der Waals surface area contributed by atoms with Crippen LogP contribution in [0.3, 0.4) is 0 Å². The highest BCUT2D eigenvalue weighted by atomic mass is 35.5. The average molecular weight is 592 g/mol. The molecule has 0 radical (unpaired) electrons. The SMILES string of the molecule is CCOc1cc(C(=O)Nc2cc(C)ccn2)ccc1-c1nc([C@@H]2CC[C@H](C)N(C(=O)[C@@H](C)O)C2)n2c(Cl)cnc(N)c12. The van der Waals surface area contributed by atoms with Gasteiger partial charge in [0, 0.05) is 35.8 Å². The second-order valence-corrected chi connectivity index (χ2v) is 11.0. The number of rotatable bonds is 7. The van der Waals surface area contributed by atoms with Crippen LogP contribution < -0.4 is 15.8 Å². The molecular formula is C30H34ClN7O4. The number of carbonyl (C=O) groups excluding carboxylic acids is 2. The van der Waals surface area contributed by atoms with E-state index in [1.807, 2.05) is 26.8 Å². The number of pyridine rings is 1. The van der Waals surface area contributed by atoms with Gasteiger partial charge in [0.25, 0.3) is 11.8 Å². The summed E-state index contributed by atoms with van der Waals surface area (Å²) in [5.41, 5.74) is 9.38. The van der Waals surface area contributed by atoms with Gasteiger partial charge in [-0.1, -0.05) is 11.6 Å². The number of hydrogen-bond donors (Lipinski definition) is 3. The number of piperidine rings is 1. The molecule has 1 saturated heterocycles. The molecule has 0 bridgehead atoms. The highest BCUT2D eigenvalue weighted by molar-refractivity contribution is 6.30. The molecule has 3 atom stereocenters. The number of halogens is 1. The number of aryl methyl sites for hydroxylation is 1. The second-order valence-electron chi connectivity index (χ2n) is 10.6. The first-order valence-corrected chi connectivity index (χ1v) is 14.3. The number of hydrogen-bond acceptors (Lipinski definition) is 8. The Morgan fingerprint density at radius 1 is 1.24 bits per heavy atom. The molecule has 220 valence electrons. The molecule has 0 unspecified atom stereocenters. The largest absolute Gasteiger partial charge is 0.493 e. The van der Waals surface area contributed by atoms with Crippen molar-refractivity contribution in [3.05, 3.63) is 64.8 Å². The number of anilines is 2. The highest BCUT2D eigenvalue weighted by Crippen LogP contribution is 2.40. The Morgan fingerprint density at radius 3 is 2.74 bits per heavy atom. The van der Waals surface area contributed by atoms with Crippen LogP contribution in [0.2, 0.25) is 5.15 Å². The number of aliphatic hydroxyl groups excluding tert-OH is 1. The lowest BCUT2D eigenvalue weighted by Gasteiger charge is -2.38. The van der Waals surface area contributed by atoms with Crippen LogP contribution >= 0.6 is 11.6 Å². The maximum Gasteiger partial charge on any atom is 0.256 e. The molecular weight excluding hydrogens is 558 g/mol. The van der Waals surface area contributed by atoms with Crippen molar-refractivity contribution in [2.75, 3.05) is 24.2 Å². The third kappa shape index (κ3) is 5.62. The molecule has 1 fully saturated rings. The van der Waals surface area contributed by atoms with E-state index in [4.69, 9.17) is 27.1 Å². The van der Waals surface area contributed by atoms with Gasteiger partial charge in [-0.05, 0) is 76.4 Å². The van der Waals surface area contributed by atoms with Crippen LogP contribution in [0.5, 0.6) is 5.75 Å². The van der Waals surface area contributed by atoms with Gasteiger partial charge >= 0.3 is 0 Å². The van der Waals surface area contributed by atoms with E-state index in [9.17, 15) is 14.7 Å². The molecule has 11 nitrogen and oxygen atoms in total. The van der Waals surface area contributed by atoms with E-state index in [1.165, 1.54) is 13.1 Å². The Hall–Kier alpha value is -4.22. The number of nitrogen functional groups attached to an aromatic ring is 1. The molecule has 0 saturated carbocycles. The molecule has 1 aliphatic rings. The minimum atomic E-state index is -1.10. The predicted octanol–water partition coefficient (Wildman–Crippen LogP) is 4.46. The van der Waals surface area contributed by atoms with E-state index in [2.05, 4.69) is 15.3 Å². The van der Waals surface area contributed by atoms with Crippen molar-refractivity contribution >= 4 is 40.6 Å². The topological polar surface area (TPSA) is 148 Å². The lowest BCUT2D eigenvalue weighted by molar-refractivity contribution is -0.143. The first kappa shape index (κ1) is 29.3. The summed E-state index contributed by atoms with van der Waals surface area (Å²) in [7, 11) is 0. The summed E-state index contributed by atoms with van der Waals surface area (Å²) in [5, 5.41) is 13.1. The summed E-state index contributed by atoms with van der Waals surface area (Å²) in [6.07, 6.45) is 3.49. The minimum Gasteiger partial charge on any atom is -0.493 e. The second kappa shape index (κ2) is 11.9. The van der Waals surface area contributed by atoms with Crippen LogP contribution in [0.1, 0.15) is 61.3 Å². The Balaban J connectivity index is 1.58. The zero-order valence-electron chi connectivity index (χ0n) is 24.0. The van der Waals surface area contributed by atoms with Crippen molar-refractivity contribution < 1.29 is 19.4 Å². The van der Waals surface area contributed by atoms with Gasteiger partial charge in [0.1, 0.15) is 45.7 Å². The van der Waals surface area contributed by atoms with Crippen molar-refractivity contribution in [2.24, 2.45) is 0 Å². The molecule has 2 amide bonds. The number of likely N-dealkylation sites (tertiary alicyclic amines) is 1. The van der Waals surface area contributed by atoms with Crippen LogP contribution in [0.15, 0.2) is 42.7 Å². The number of imidazole rings is 1. The maximum atomic E-state index is 13.1. The molecule has 5 rings (SSSR count). The molecule has 4 aromatic rings. The normalized spacial score (nSPS) is 17.7. The van der Waals surface area contributed by atoms with Gasteiger partial charge in [0.2, 0.25) is 0 Å². The predicted molar refractivity (Wildman–Crippen MR) is 161 cm³/mol. The van der Waals surface area contributed by atoms with Gasteiger partial charge in [-0.3, -0.25) is 14.0 Å². The van der Waals surface area contributed by atoms with Gasteiger partial charge in [0.05, 0.1) is 12.8 Å². The van der Waals surface area contributed by atoms with Crippen LogP contribution in [0.4, 0.5) is 11.6 Å². The van der Waals surface area contributed by atoms with Gasteiger partial charge in [0.15, 0.2) is 0 Å². The fraction of sp³-hybridized carbons (Fsp3) is 0.367. The van der Waals surface area contributed by atoms with E-state index in [0.29, 0.717) is 58.0 Å². The molecule has 42 heavy (non-hydrogen) atoms. The Morgan fingerprint density at radius 2 is 2.02 bits per heavy atom. The number of nitrogens with one attached hydrogen (secondary N) is 1. The molecule has 1 aromatic carbocycles. The van der Waals surface area contributed by atoms with E-state index in [-0.39, 0.29) is 29.6 Å². The number of nitrogens with zero attached hydrogens (tertiary/aromatic N) is 5. The molecule has 4 heterocycles. The fourth-order valence-corrected chi connectivity index (χ4v) is 5.61.